The number of non-ortho nitro benzene ring substituents is 1. The zero-order valence-electron chi connectivity index (χ0n) is 18.2. The summed E-state index contributed by atoms with van der Waals surface area (Å²) in [5.74, 6) is -0.309. The van der Waals surface area contributed by atoms with Crippen LogP contribution in [0, 0.1) is 10.1 Å². The summed E-state index contributed by atoms with van der Waals surface area (Å²) in [4.78, 5) is 34.4. The number of ether oxygens (including phenoxy) is 1. The van der Waals surface area contributed by atoms with Crippen LogP contribution in [-0.4, -0.2) is 28.5 Å². The van der Waals surface area contributed by atoms with Crippen LogP contribution in [0.5, 0.6) is 5.75 Å². The average molecular weight is 471 g/mol. The van der Waals surface area contributed by atoms with Crippen LogP contribution >= 0.6 is 12.2 Å². The van der Waals surface area contributed by atoms with Gasteiger partial charge in [0.1, 0.15) is 5.75 Å². The van der Waals surface area contributed by atoms with Gasteiger partial charge in [-0.3, -0.25) is 35.9 Å². The molecule has 174 valence electrons. The van der Waals surface area contributed by atoms with Gasteiger partial charge in [0, 0.05) is 23.8 Å². The SMILES string of the molecule is CCCCCCOc1ccc(C(=O)NNC(=S)NC(=O)/C=C/c2cccc([N+](=O)[O-])c2)cc1. The Morgan fingerprint density at radius 1 is 1.09 bits per heavy atom. The second kappa shape index (κ2) is 13.6. The maximum atomic E-state index is 12.2. The van der Waals surface area contributed by atoms with Gasteiger partial charge in [-0.1, -0.05) is 38.3 Å². The van der Waals surface area contributed by atoms with Crippen LogP contribution in [0.3, 0.4) is 0 Å². The first-order valence-corrected chi connectivity index (χ1v) is 10.9. The van der Waals surface area contributed by atoms with Gasteiger partial charge in [0.25, 0.3) is 11.6 Å². The molecule has 2 amide bonds. The second-order valence-electron chi connectivity index (χ2n) is 7.02. The summed E-state index contributed by atoms with van der Waals surface area (Å²) in [7, 11) is 0. The number of amides is 2. The van der Waals surface area contributed by atoms with Crippen LogP contribution in [0.4, 0.5) is 5.69 Å². The zero-order valence-corrected chi connectivity index (χ0v) is 19.0. The fourth-order valence-electron chi connectivity index (χ4n) is 2.71. The molecular formula is C23H26N4O5S. The van der Waals surface area contributed by atoms with E-state index in [-0.39, 0.29) is 10.8 Å². The first-order chi connectivity index (χ1) is 15.9. The van der Waals surface area contributed by atoms with Crippen molar-refractivity contribution < 1.29 is 19.2 Å². The molecule has 0 fully saturated rings. The standard InChI is InChI=1S/C23H26N4O5S/c1-2-3-4-5-15-32-20-12-10-18(11-13-20)22(29)25-26-23(33)24-21(28)14-9-17-7-6-8-19(16-17)27(30)31/h6-14,16H,2-5,15H2,1H3,(H,25,29)(H2,24,26,28,33)/b14-9+. The lowest BCUT2D eigenvalue weighted by molar-refractivity contribution is -0.384. The number of rotatable bonds is 10. The summed E-state index contributed by atoms with van der Waals surface area (Å²) in [5.41, 5.74) is 5.64. The molecule has 0 heterocycles. The van der Waals surface area contributed by atoms with Crippen LogP contribution in [-0.2, 0) is 4.79 Å². The van der Waals surface area contributed by atoms with Gasteiger partial charge >= 0.3 is 0 Å². The highest BCUT2D eigenvalue weighted by atomic mass is 32.1. The molecule has 0 atom stereocenters. The molecule has 0 aromatic heterocycles. The molecule has 2 aromatic carbocycles. The minimum atomic E-state index is -0.561. The number of hydrogen-bond donors (Lipinski definition) is 3. The number of nitro groups is 1. The fraction of sp³-hybridized carbons (Fsp3) is 0.261. The molecule has 0 spiro atoms. The van der Waals surface area contributed by atoms with E-state index in [1.54, 1.807) is 30.3 Å². The summed E-state index contributed by atoms with van der Waals surface area (Å²) < 4.78 is 5.65. The summed E-state index contributed by atoms with van der Waals surface area (Å²) in [5, 5.41) is 13.1. The first-order valence-electron chi connectivity index (χ1n) is 10.5. The third-order valence-corrected chi connectivity index (χ3v) is 4.62. The Labute approximate surface area is 197 Å². The molecule has 0 aliphatic carbocycles. The molecule has 0 aliphatic rings. The smallest absolute Gasteiger partial charge is 0.270 e. The van der Waals surface area contributed by atoms with Crippen molar-refractivity contribution >= 4 is 40.9 Å². The maximum Gasteiger partial charge on any atom is 0.270 e. The Morgan fingerprint density at radius 2 is 1.85 bits per heavy atom. The van der Waals surface area contributed by atoms with Gasteiger partial charge < -0.3 is 4.74 Å². The minimum absolute atomic E-state index is 0.0796. The summed E-state index contributed by atoms with van der Waals surface area (Å²) in [6.07, 6.45) is 7.06. The molecule has 2 aromatic rings. The molecule has 33 heavy (non-hydrogen) atoms. The minimum Gasteiger partial charge on any atom is -0.494 e. The molecule has 9 nitrogen and oxygen atoms in total. The van der Waals surface area contributed by atoms with E-state index in [9.17, 15) is 19.7 Å². The van der Waals surface area contributed by atoms with E-state index in [2.05, 4.69) is 23.1 Å². The van der Waals surface area contributed by atoms with Crippen molar-refractivity contribution in [1.29, 1.82) is 0 Å². The predicted octanol–water partition coefficient (Wildman–Crippen LogP) is 3.90. The van der Waals surface area contributed by atoms with Crippen LogP contribution in [0.25, 0.3) is 6.08 Å². The molecule has 0 aliphatic heterocycles. The number of hydrazine groups is 1. The number of thiocarbonyl (C=S) groups is 1. The van der Waals surface area contributed by atoms with Gasteiger partial charge in [-0.15, -0.1) is 0 Å². The lowest BCUT2D eigenvalue weighted by Gasteiger charge is -2.10. The zero-order chi connectivity index (χ0) is 24.1. The molecule has 0 radical (unpaired) electrons. The lowest BCUT2D eigenvalue weighted by atomic mass is 10.2. The number of unbranched alkanes of at least 4 members (excludes halogenated alkanes) is 3. The predicted molar refractivity (Wildman–Crippen MR) is 130 cm³/mol. The lowest BCUT2D eigenvalue weighted by Crippen LogP contribution is -2.48. The van der Waals surface area contributed by atoms with Crippen molar-refractivity contribution in [3.05, 3.63) is 75.8 Å². The van der Waals surface area contributed by atoms with Crippen LogP contribution in [0.2, 0.25) is 0 Å². The molecule has 3 N–H and O–H groups in total. The van der Waals surface area contributed by atoms with Gasteiger partial charge in [-0.2, -0.15) is 0 Å². The fourth-order valence-corrected chi connectivity index (χ4v) is 2.86. The molecule has 0 saturated carbocycles. The van der Waals surface area contributed by atoms with E-state index in [0.717, 1.165) is 12.8 Å². The van der Waals surface area contributed by atoms with Crippen LogP contribution in [0.1, 0.15) is 48.5 Å². The third-order valence-electron chi connectivity index (χ3n) is 4.42. The van der Waals surface area contributed by atoms with E-state index in [1.807, 2.05) is 0 Å². The van der Waals surface area contributed by atoms with Gasteiger partial charge in [0.2, 0.25) is 5.91 Å². The summed E-state index contributed by atoms with van der Waals surface area (Å²) in [6.45, 7) is 2.79. The number of carbonyl (C=O) groups is 2. The van der Waals surface area contributed by atoms with Crippen molar-refractivity contribution in [3.8, 4) is 5.75 Å². The highest BCUT2D eigenvalue weighted by Crippen LogP contribution is 2.14. The second-order valence-corrected chi connectivity index (χ2v) is 7.42. The van der Waals surface area contributed by atoms with E-state index >= 15 is 0 Å². The number of carbonyl (C=O) groups excluding carboxylic acids is 2. The van der Waals surface area contributed by atoms with Gasteiger partial charge in [-0.05, 0) is 54.5 Å². The Morgan fingerprint density at radius 3 is 2.55 bits per heavy atom. The largest absolute Gasteiger partial charge is 0.494 e. The molecule has 0 unspecified atom stereocenters. The topological polar surface area (TPSA) is 123 Å². The number of nitrogens with one attached hydrogen (secondary N) is 3. The molecule has 0 bridgehead atoms. The van der Waals surface area contributed by atoms with Crippen LogP contribution < -0.4 is 20.9 Å². The van der Waals surface area contributed by atoms with Crippen molar-refractivity contribution in [2.45, 2.75) is 32.6 Å². The van der Waals surface area contributed by atoms with E-state index in [4.69, 9.17) is 17.0 Å². The highest BCUT2D eigenvalue weighted by molar-refractivity contribution is 7.80. The van der Waals surface area contributed by atoms with Crippen LogP contribution in [0.15, 0.2) is 54.6 Å². The molecule has 2 rings (SSSR count). The van der Waals surface area contributed by atoms with E-state index in [0.29, 0.717) is 23.5 Å². The highest BCUT2D eigenvalue weighted by Gasteiger charge is 2.08. The Balaban J connectivity index is 1.75. The average Bonchev–Trinajstić information content (AvgIpc) is 2.81. The Kier molecular flexibility index (Phi) is 10.5. The normalized spacial score (nSPS) is 10.5. The summed E-state index contributed by atoms with van der Waals surface area (Å²) in [6, 6.07) is 12.5. The quantitative estimate of drug-likeness (QED) is 0.158. The number of benzene rings is 2. The first kappa shape index (κ1) is 25.5. The van der Waals surface area contributed by atoms with Gasteiger partial charge in [-0.25, -0.2) is 0 Å². The number of nitro benzene ring substituents is 1. The third kappa shape index (κ3) is 9.48. The summed E-state index contributed by atoms with van der Waals surface area (Å²) >= 11 is 4.98. The van der Waals surface area contributed by atoms with Gasteiger partial charge in [0.15, 0.2) is 5.11 Å². The molecule has 10 heteroatoms. The van der Waals surface area contributed by atoms with E-state index in [1.165, 1.54) is 43.2 Å². The molecule has 0 saturated heterocycles. The number of nitrogens with zero attached hydrogens (tertiary/aromatic N) is 1. The van der Waals surface area contributed by atoms with Gasteiger partial charge in [0.05, 0.1) is 11.5 Å². The van der Waals surface area contributed by atoms with Crippen molar-refractivity contribution in [1.82, 2.24) is 16.2 Å². The Hall–Kier alpha value is -3.79. The number of hydrogen-bond acceptors (Lipinski definition) is 6. The van der Waals surface area contributed by atoms with Crippen molar-refractivity contribution in [2.75, 3.05) is 6.61 Å². The maximum absolute atomic E-state index is 12.2. The molecular weight excluding hydrogens is 444 g/mol. The van der Waals surface area contributed by atoms with Crippen molar-refractivity contribution in [3.63, 3.8) is 0 Å². The van der Waals surface area contributed by atoms with E-state index < -0.39 is 16.7 Å². The van der Waals surface area contributed by atoms with Crippen molar-refractivity contribution in [2.24, 2.45) is 0 Å². The Bertz CT molecular complexity index is 1010. The monoisotopic (exact) mass is 470 g/mol.